The molecular formula is C30H47N3O4. The van der Waals surface area contributed by atoms with E-state index in [1.54, 1.807) is 13.4 Å². The van der Waals surface area contributed by atoms with Gasteiger partial charge in [0.15, 0.2) is 0 Å². The number of aliphatic hydroxyl groups is 1. The molecule has 1 aliphatic heterocycles. The van der Waals surface area contributed by atoms with Gasteiger partial charge in [-0.3, -0.25) is 0 Å². The molecule has 3 atom stereocenters. The van der Waals surface area contributed by atoms with Crippen molar-refractivity contribution in [3.05, 3.63) is 36.1 Å². The number of benzene rings is 1. The normalized spacial score (nSPS) is 21.6. The number of carbonyl (C=O) groups excluding carboxylic acids is 1. The minimum absolute atomic E-state index is 0.00371. The van der Waals surface area contributed by atoms with Crippen LogP contribution >= 0.6 is 0 Å². The fraction of sp³-hybridized carbons (Fsp3) is 0.700. The van der Waals surface area contributed by atoms with Gasteiger partial charge in [0.25, 0.3) is 0 Å². The lowest BCUT2D eigenvalue weighted by Gasteiger charge is -2.43. The molecule has 37 heavy (non-hydrogen) atoms. The molecule has 1 saturated heterocycles. The zero-order valence-electron chi connectivity index (χ0n) is 22.8. The first-order valence-corrected chi connectivity index (χ1v) is 14.4. The Morgan fingerprint density at radius 2 is 2.03 bits per heavy atom. The lowest BCUT2D eigenvalue weighted by Crippen LogP contribution is -2.54. The van der Waals surface area contributed by atoms with Gasteiger partial charge < -0.3 is 29.8 Å². The minimum Gasteiger partial charge on any atom is -0.464 e. The van der Waals surface area contributed by atoms with Crippen LogP contribution in [0.5, 0.6) is 0 Å². The van der Waals surface area contributed by atoms with Crippen molar-refractivity contribution in [2.75, 3.05) is 40.4 Å². The fourth-order valence-corrected chi connectivity index (χ4v) is 6.65. The predicted octanol–water partition coefficient (Wildman–Crippen LogP) is 5.42. The number of ether oxygens (including phenoxy) is 1. The Kier molecular flexibility index (Phi) is 10.3. The quantitative estimate of drug-likeness (QED) is 0.330. The number of rotatable bonds is 12. The molecule has 2 fully saturated rings. The van der Waals surface area contributed by atoms with E-state index in [-0.39, 0.29) is 18.0 Å². The third kappa shape index (κ3) is 7.06. The van der Waals surface area contributed by atoms with E-state index < -0.39 is 5.60 Å². The van der Waals surface area contributed by atoms with Crippen LogP contribution in [-0.4, -0.2) is 62.5 Å². The molecule has 1 aromatic heterocycles. The SMILES string of the molecule is CNCC(CC1CCCCC1)NC(=O)N1CCCC(C(O)(CCCCOC)c2cccc3occc23)C1. The summed E-state index contributed by atoms with van der Waals surface area (Å²) < 4.78 is 10.9. The summed E-state index contributed by atoms with van der Waals surface area (Å²) >= 11 is 0. The van der Waals surface area contributed by atoms with Crippen LogP contribution in [0.3, 0.4) is 0 Å². The van der Waals surface area contributed by atoms with Crippen LogP contribution in [0, 0.1) is 11.8 Å². The number of fused-ring (bicyclic) bond motifs is 1. The Bertz CT molecular complexity index is 973. The van der Waals surface area contributed by atoms with E-state index in [0.29, 0.717) is 25.5 Å². The monoisotopic (exact) mass is 513 g/mol. The van der Waals surface area contributed by atoms with Gasteiger partial charge in [0.1, 0.15) is 5.58 Å². The largest absolute Gasteiger partial charge is 0.464 e. The number of nitrogens with zero attached hydrogens (tertiary/aromatic N) is 1. The van der Waals surface area contributed by atoms with Crippen LogP contribution in [0.4, 0.5) is 4.79 Å². The average Bonchev–Trinajstić information content (AvgIpc) is 3.41. The second-order valence-corrected chi connectivity index (χ2v) is 11.2. The Labute approximate surface area is 222 Å². The summed E-state index contributed by atoms with van der Waals surface area (Å²) in [4.78, 5) is 15.4. The zero-order valence-corrected chi connectivity index (χ0v) is 22.8. The summed E-state index contributed by atoms with van der Waals surface area (Å²) in [7, 11) is 3.67. The number of hydrogen-bond acceptors (Lipinski definition) is 5. The molecule has 4 rings (SSSR count). The number of furan rings is 1. The summed E-state index contributed by atoms with van der Waals surface area (Å²) in [6.07, 6.45) is 13.4. The van der Waals surface area contributed by atoms with Gasteiger partial charge in [-0.1, -0.05) is 44.2 Å². The van der Waals surface area contributed by atoms with E-state index in [1.165, 1.54) is 32.1 Å². The van der Waals surface area contributed by atoms with Gasteiger partial charge >= 0.3 is 6.03 Å². The number of piperidine rings is 1. The lowest BCUT2D eigenvalue weighted by atomic mass is 9.73. The molecule has 0 radical (unpaired) electrons. The third-order valence-electron chi connectivity index (χ3n) is 8.62. The maximum atomic E-state index is 13.5. The smallest absolute Gasteiger partial charge is 0.317 e. The minimum atomic E-state index is -1.04. The fourth-order valence-electron chi connectivity index (χ4n) is 6.65. The van der Waals surface area contributed by atoms with Crippen molar-refractivity contribution in [2.24, 2.45) is 11.8 Å². The van der Waals surface area contributed by atoms with Gasteiger partial charge in [0, 0.05) is 50.7 Å². The Morgan fingerprint density at radius 1 is 1.19 bits per heavy atom. The van der Waals surface area contributed by atoms with E-state index in [1.807, 2.05) is 36.2 Å². The summed E-state index contributed by atoms with van der Waals surface area (Å²) in [5.74, 6) is 0.658. The van der Waals surface area contributed by atoms with Gasteiger partial charge in [-0.15, -0.1) is 0 Å². The molecule has 1 aromatic carbocycles. The number of carbonyl (C=O) groups is 1. The number of amides is 2. The molecule has 3 N–H and O–H groups in total. The summed E-state index contributed by atoms with van der Waals surface area (Å²) in [6, 6.07) is 8.02. The highest BCUT2D eigenvalue weighted by atomic mass is 16.5. The van der Waals surface area contributed by atoms with Crippen molar-refractivity contribution < 1.29 is 19.1 Å². The first-order chi connectivity index (χ1) is 18.0. The molecule has 1 aliphatic carbocycles. The second-order valence-electron chi connectivity index (χ2n) is 11.2. The molecule has 0 bridgehead atoms. The summed E-state index contributed by atoms with van der Waals surface area (Å²) in [5, 5.41) is 19.9. The molecular weight excluding hydrogens is 466 g/mol. The second kappa shape index (κ2) is 13.6. The van der Waals surface area contributed by atoms with Crippen molar-refractivity contribution >= 4 is 17.0 Å². The van der Waals surface area contributed by atoms with Crippen molar-refractivity contribution in [3.8, 4) is 0 Å². The van der Waals surface area contributed by atoms with E-state index >= 15 is 0 Å². The van der Waals surface area contributed by atoms with E-state index in [9.17, 15) is 9.90 Å². The van der Waals surface area contributed by atoms with Crippen LogP contribution in [0.1, 0.15) is 76.2 Å². The van der Waals surface area contributed by atoms with Crippen molar-refractivity contribution in [1.82, 2.24) is 15.5 Å². The lowest BCUT2D eigenvalue weighted by molar-refractivity contribution is -0.0552. The standard InChI is InChI=1S/C30H47N3O4/c1-31-21-25(20-23-10-4-3-5-11-23)32-29(34)33-17-9-12-24(22-33)30(35,16-6-7-18-36-2)27-13-8-14-28-26(27)15-19-37-28/h8,13-15,19,23-25,31,35H,3-7,9-12,16-18,20-22H2,1-2H3,(H,32,34). The van der Waals surface area contributed by atoms with Crippen LogP contribution in [0.25, 0.3) is 11.0 Å². The average molecular weight is 514 g/mol. The molecule has 2 aliphatic rings. The number of hydrogen-bond donors (Lipinski definition) is 3. The highest BCUT2D eigenvalue weighted by Crippen LogP contribution is 2.42. The number of urea groups is 1. The molecule has 1 saturated carbocycles. The first-order valence-electron chi connectivity index (χ1n) is 14.4. The van der Waals surface area contributed by atoms with Crippen molar-refractivity contribution in [2.45, 2.75) is 82.3 Å². The number of likely N-dealkylation sites (tertiary alicyclic amines) is 1. The van der Waals surface area contributed by atoms with E-state index in [0.717, 1.165) is 61.7 Å². The molecule has 3 unspecified atom stereocenters. The summed E-state index contributed by atoms with van der Waals surface area (Å²) in [5.41, 5.74) is 0.660. The number of likely N-dealkylation sites (N-methyl/N-ethyl adjacent to an activating group) is 1. The van der Waals surface area contributed by atoms with Crippen LogP contribution in [0.2, 0.25) is 0 Å². The number of methoxy groups -OCH3 is 1. The Balaban J connectivity index is 1.48. The predicted molar refractivity (Wildman–Crippen MR) is 148 cm³/mol. The summed E-state index contributed by atoms with van der Waals surface area (Å²) in [6.45, 7) is 2.74. The van der Waals surface area contributed by atoms with E-state index in [4.69, 9.17) is 9.15 Å². The topological polar surface area (TPSA) is 87.0 Å². The number of nitrogens with one attached hydrogen (secondary N) is 2. The van der Waals surface area contributed by atoms with Gasteiger partial charge in [0.05, 0.1) is 11.9 Å². The molecule has 2 aromatic rings. The molecule has 2 amide bonds. The zero-order chi connectivity index (χ0) is 26.1. The van der Waals surface area contributed by atoms with Crippen LogP contribution in [-0.2, 0) is 10.3 Å². The van der Waals surface area contributed by atoms with Crippen molar-refractivity contribution in [1.29, 1.82) is 0 Å². The van der Waals surface area contributed by atoms with Gasteiger partial charge in [0.2, 0.25) is 0 Å². The molecule has 206 valence electrons. The highest BCUT2D eigenvalue weighted by Gasteiger charge is 2.42. The van der Waals surface area contributed by atoms with Crippen LogP contribution < -0.4 is 10.6 Å². The Hall–Kier alpha value is -2.09. The van der Waals surface area contributed by atoms with Crippen molar-refractivity contribution in [3.63, 3.8) is 0 Å². The molecule has 7 nitrogen and oxygen atoms in total. The van der Waals surface area contributed by atoms with Gasteiger partial charge in [-0.25, -0.2) is 4.79 Å². The first kappa shape index (κ1) is 27.9. The maximum Gasteiger partial charge on any atom is 0.317 e. The third-order valence-corrected chi connectivity index (χ3v) is 8.62. The van der Waals surface area contributed by atoms with Gasteiger partial charge in [-0.05, 0) is 69.2 Å². The molecule has 0 spiro atoms. The van der Waals surface area contributed by atoms with Gasteiger partial charge in [-0.2, -0.15) is 0 Å². The highest BCUT2D eigenvalue weighted by molar-refractivity contribution is 5.82. The molecule has 7 heteroatoms. The van der Waals surface area contributed by atoms with Crippen LogP contribution in [0.15, 0.2) is 34.9 Å². The number of unbranched alkanes of at least 4 members (excludes halogenated alkanes) is 1. The van der Waals surface area contributed by atoms with E-state index in [2.05, 4.69) is 10.6 Å². The maximum absolute atomic E-state index is 13.5. The Morgan fingerprint density at radius 3 is 2.81 bits per heavy atom. The molecule has 2 heterocycles.